The molecule has 1 aliphatic heterocycles. The van der Waals surface area contributed by atoms with Crippen LogP contribution in [0.25, 0.3) is 0 Å². The summed E-state index contributed by atoms with van der Waals surface area (Å²) in [4.78, 5) is 4.46. The molecule has 0 amide bonds. The average Bonchev–Trinajstić information content (AvgIpc) is 2.85. The van der Waals surface area contributed by atoms with Crippen molar-refractivity contribution in [1.29, 1.82) is 5.26 Å². The number of hydrogen-bond donors (Lipinski definition) is 0. The Morgan fingerprint density at radius 3 is 3.07 bits per heavy atom. The monoisotopic (exact) mass is 216 g/mol. The van der Waals surface area contributed by atoms with E-state index >= 15 is 0 Å². The molecule has 15 heavy (non-hydrogen) atoms. The first-order valence-electron chi connectivity index (χ1n) is 4.98. The van der Waals surface area contributed by atoms with Gasteiger partial charge in [0.2, 0.25) is 0 Å². The molecule has 2 atom stereocenters. The van der Waals surface area contributed by atoms with Gasteiger partial charge in [-0.3, -0.25) is 4.99 Å². The van der Waals surface area contributed by atoms with E-state index in [0.717, 1.165) is 24.2 Å². The van der Waals surface area contributed by atoms with Gasteiger partial charge in [-0.15, -0.1) is 0 Å². The van der Waals surface area contributed by atoms with Crippen molar-refractivity contribution in [2.45, 2.75) is 6.42 Å². The van der Waals surface area contributed by atoms with Gasteiger partial charge in [0.1, 0.15) is 5.41 Å². The lowest BCUT2D eigenvalue weighted by Gasteiger charge is -2.07. The van der Waals surface area contributed by atoms with E-state index < -0.39 is 0 Å². The van der Waals surface area contributed by atoms with Crippen LogP contribution in [0.3, 0.4) is 0 Å². The minimum Gasteiger partial charge on any atom is -0.287 e. The molecule has 0 N–H and O–H groups in total. The Morgan fingerprint density at radius 1 is 1.53 bits per heavy atom. The van der Waals surface area contributed by atoms with Gasteiger partial charge in [-0.2, -0.15) is 5.26 Å². The molecule has 0 unspecified atom stereocenters. The fourth-order valence-corrected chi connectivity index (χ4v) is 2.55. The number of halogens is 1. The molecular weight excluding hydrogens is 208 g/mol. The van der Waals surface area contributed by atoms with Crippen LogP contribution in [-0.4, -0.2) is 12.3 Å². The average molecular weight is 217 g/mol. The zero-order valence-corrected chi connectivity index (χ0v) is 8.83. The van der Waals surface area contributed by atoms with Gasteiger partial charge >= 0.3 is 0 Å². The largest absolute Gasteiger partial charge is 0.287 e. The van der Waals surface area contributed by atoms with Crippen LogP contribution in [-0.2, 0) is 0 Å². The van der Waals surface area contributed by atoms with Crippen LogP contribution in [0.2, 0.25) is 5.02 Å². The van der Waals surface area contributed by atoms with Crippen molar-refractivity contribution in [2.75, 3.05) is 6.54 Å². The normalized spacial score (nSPS) is 31.7. The number of fused-ring (bicyclic) bond motifs is 1. The van der Waals surface area contributed by atoms with Gasteiger partial charge in [0.15, 0.2) is 0 Å². The summed E-state index contributed by atoms with van der Waals surface area (Å²) in [6.07, 6.45) is 0.967. The molecular formula is C12H9ClN2. The lowest BCUT2D eigenvalue weighted by atomic mass is 9.95. The Bertz CT molecular complexity index is 501. The number of rotatable bonds is 1. The first kappa shape index (κ1) is 8.94. The zero-order chi connectivity index (χ0) is 10.5. The molecule has 1 aromatic rings. The molecule has 0 radical (unpaired) electrons. The Hall–Kier alpha value is -1.33. The summed E-state index contributed by atoms with van der Waals surface area (Å²) in [7, 11) is 0. The fraction of sp³-hybridized carbons (Fsp3) is 0.333. The highest BCUT2D eigenvalue weighted by Crippen LogP contribution is 2.58. The predicted molar refractivity (Wildman–Crippen MR) is 59.0 cm³/mol. The van der Waals surface area contributed by atoms with Gasteiger partial charge in [-0.05, 0) is 24.1 Å². The van der Waals surface area contributed by atoms with Crippen LogP contribution >= 0.6 is 11.6 Å². The summed E-state index contributed by atoms with van der Waals surface area (Å²) >= 11 is 5.94. The molecule has 1 heterocycles. The molecule has 1 fully saturated rings. The number of hydrogen-bond acceptors (Lipinski definition) is 2. The highest BCUT2D eigenvalue weighted by Gasteiger charge is 2.61. The Labute approximate surface area is 93.2 Å². The number of aliphatic imine (C=N–C) groups is 1. The second-order valence-corrected chi connectivity index (χ2v) is 4.62. The molecule has 0 spiro atoms. The van der Waals surface area contributed by atoms with Crippen molar-refractivity contribution >= 4 is 17.3 Å². The number of nitrogens with zero attached hydrogens (tertiary/aromatic N) is 2. The minimum absolute atomic E-state index is 0.287. The van der Waals surface area contributed by atoms with Gasteiger partial charge in [0, 0.05) is 17.5 Å². The second-order valence-electron chi connectivity index (χ2n) is 4.18. The molecule has 3 heteroatoms. The summed E-state index contributed by atoms with van der Waals surface area (Å²) in [5.41, 5.74) is 1.66. The summed E-state index contributed by atoms with van der Waals surface area (Å²) < 4.78 is 0. The lowest BCUT2D eigenvalue weighted by Crippen LogP contribution is -2.13. The van der Waals surface area contributed by atoms with Crippen molar-refractivity contribution in [3.63, 3.8) is 0 Å². The summed E-state index contributed by atoms with van der Waals surface area (Å²) in [5.74, 6) is 0.455. The van der Waals surface area contributed by atoms with E-state index in [1.54, 1.807) is 0 Å². The van der Waals surface area contributed by atoms with Gasteiger partial charge < -0.3 is 0 Å². The molecule has 1 aromatic carbocycles. The van der Waals surface area contributed by atoms with Crippen LogP contribution in [0.5, 0.6) is 0 Å². The third-order valence-corrected chi connectivity index (χ3v) is 3.53. The smallest absolute Gasteiger partial charge is 0.104 e. The number of nitriles is 1. The Morgan fingerprint density at radius 2 is 2.40 bits per heavy atom. The van der Waals surface area contributed by atoms with Crippen LogP contribution in [0.1, 0.15) is 12.0 Å². The molecule has 0 saturated heterocycles. The van der Waals surface area contributed by atoms with E-state index in [4.69, 9.17) is 11.6 Å². The van der Waals surface area contributed by atoms with Crippen molar-refractivity contribution in [1.82, 2.24) is 0 Å². The highest BCUT2D eigenvalue weighted by atomic mass is 35.5. The van der Waals surface area contributed by atoms with E-state index in [-0.39, 0.29) is 5.41 Å². The van der Waals surface area contributed by atoms with Crippen molar-refractivity contribution in [3.8, 4) is 6.07 Å². The molecule has 2 aliphatic rings. The van der Waals surface area contributed by atoms with E-state index in [1.165, 1.54) is 0 Å². The zero-order valence-electron chi connectivity index (χ0n) is 8.07. The summed E-state index contributed by atoms with van der Waals surface area (Å²) in [6, 6.07) is 10.0. The third kappa shape index (κ3) is 1.13. The fourth-order valence-electron chi connectivity index (χ4n) is 2.36. The van der Waals surface area contributed by atoms with Crippen LogP contribution in [0.4, 0.5) is 0 Å². The molecule has 0 bridgehead atoms. The van der Waals surface area contributed by atoms with Gasteiger partial charge in [0.25, 0.3) is 0 Å². The Kier molecular flexibility index (Phi) is 1.69. The Balaban J connectivity index is 2.06. The van der Waals surface area contributed by atoms with Crippen LogP contribution in [0.15, 0.2) is 29.3 Å². The van der Waals surface area contributed by atoms with Gasteiger partial charge in [0.05, 0.1) is 11.8 Å². The first-order valence-corrected chi connectivity index (χ1v) is 5.36. The molecule has 2 nitrogen and oxygen atoms in total. The molecule has 1 saturated carbocycles. The predicted octanol–water partition coefficient (Wildman–Crippen LogP) is 2.67. The summed E-state index contributed by atoms with van der Waals surface area (Å²) in [6.45, 7) is 0.801. The molecule has 74 valence electrons. The van der Waals surface area contributed by atoms with Crippen LogP contribution < -0.4 is 0 Å². The highest BCUT2D eigenvalue weighted by molar-refractivity contribution is 6.31. The molecule has 0 aromatic heterocycles. The van der Waals surface area contributed by atoms with Gasteiger partial charge in [-0.1, -0.05) is 23.7 Å². The topological polar surface area (TPSA) is 36.1 Å². The van der Waals surface area contributed by atoms with E-state index in [1.807, 2.05) is 24.3 Å². The molecule has 1 aliphatic carbocycles. The van der Waals surface area contributed by atoms with E-state index in [9.17, 15) is 5.26 Å². The SMILES string of the molecule is N#C[C@]12C[C@H]1CN=C2c1cccc(Cl)c1. The third-order valence-electron chi connectivity index (χ3n) is 3.30. The second kappa shape index (κ2) is 2.84. The van der Waals surface area contributed by atoms with E-state index in [0.29, 0.717) is 10.9 Å². The minimum atomic E-state index is -0.287. The summed E-state index contributed by atoms with van der Waals surface area (Å²) in [5, 5.41) is 9.91. The maximum Gasteiger partial charge on any atom is 0.104 e. The van der Waals surface area contributed by atoms with Crippen LogP contribution in [0, 0.1) is 22.7 Å². The van der Waals surface area contributed by atoms with Crippen molar-refractivity contribution in [3.05, 3.63) is 34.9 Å². The molecule has 3 rings (SSSR count). The van der Waals surface area contributed by atoms with Crippen molar-refractivity contribution in [2.24, 2.45) is 16.3 Å². The maximum atomic E-state index is 9.20. The number of benzene rings is 1. The maximum absolute atomic E-state index is 9.20. The quantitative estimate of drug-likeness (QED) is 0.711. The van der Waals surface area contributed by atoms with Crippen molar-refractivity contribution < 1.29 is 0 Å². The van der Waals surface area contributed by atoms with Gasteiger partial charge in [-0.25, -0.2) is 0 Å². The van der Waals surface area contributed by atoms with E-state index in [2.05, 4.69) is 11.1 Å². The lowest BCUT2D eigenvalue weighted by molar-refractivity contribution is 0.802. The first-order chi connectivity index (χ1) is 7.26. The standard InChI is InChI=1S/C12H9ClN2/c13-10-3-1-2-8(4-10)11-12(7-14)5-9(12)6-15-11/h1-4,9H,5-6H2/t9-,12+/m0/s1.